The normalized spacial score (nSPS) is 18.3. The molecule has 4 heteroatoms. The molecule has 0 bridgehead atoms. The Hall–Kier alpha value is -1.10. The molecular weight excluding hydrogens is 306 g/mol. The van der Waals surface area contributed by atoms with Crippen molar-refractivity contribution in [2.24, 2.45) is 0 Å². The van der Waals surface area contributed by atoms with Gasteiger partial charge in [0.25, 0.3) is 0 Å². The first-order valence-electron chi connectivity index (χ1n) is 6.31. The number of aliphatic hydroxyl groups is 1. The molecule has 1 fully saturated rings. The molecule has 2 heterocycles. The Morgan fingerprint density at radius 2 is 1.89 bits per heavy atom. The minimum absolute atomic E-state index is 0.527. The van der Waals surface area contributed by atoms with Gasteiger partial charge >= 0.3 is 0 Å². The highest BCUT2D eigenvalue weighted by Crippen LogP contribution is 2.27. The number of nitrogens with zero attached hydrogens (tertiary/aromatic N) is 1. The quantitative estimate of drug-likeness (QED) is 0.942. The average molecular weight is 322 g/mol. The van der Waals surface area contributed by atoms with E-state index >= 15 is 0 Å². The van der Waals surface area contributed by atoms with E-state index in [1.54, 1.807) is 0 Å². The van der Waals surface area contributed by atoms with Crippen LogP contribution in [0.5, 0.6) is 0 Å². The first kappa shape index (κ1) is 12.9. The van der Waals surface area contributed by atoms with Gasteiger partial charge in [-0.05, 0) is 31.2 Å². The van der Waals surface area contributed by atoms with Gasteiger partial charge in [-0.15, -0.1) is 0 Å². The number of furan rings is 1. The molecule has 2 aromatic rings. The first-order valence-corrected chi connectivity index (χ1v) is 7.11. The van der Waals surface area contributed by atoms with Gasteiger partial charge in [0.1, 0.15) is 11.5 Å². The molecule has 1 aliphatic rings. The van der Waals surface area contributed by atoms with Gasteiger partial charge in [-0.25, -0.2) is 0 Å². The van der Waals surface area contributed by atoms with Gasteiger partial charge in [0.2, 0.25) is 0 Å². The second kappa shape index (κ2) is 4.78. The van der Waals surface area contributed by atoms with E-state index in [-0.39, 0.29) is 0 Å². The standard InChI is InChI=1S/C15H16BrNO2/c1-15(18)9-17(10-15)8-13-6-7-14(19-13)11-2-4-12(16)5-3-11/h2-7,18H,8-10H2,1H3. The first-order chi connectivity index (χ1) is 9.02. The van der Waals surface area contributed by atoms with Crippen molar-refractivity contribution in [2.75, 3.05) is 13.1 Å². The maximum absolute atomic E-state index is 9.69. The van der Waals surface area contributed by atoms with E-state index in [2.05, 4.69) is 20.8 Å². The molecule has 0 spiro atoms. The number of β-amino-alcohol motifs (C(OH)–C–C–N with tert-alkyl or cyclic N) is 1. The van der Waals surface area contributed by atoms with Crippen LogP contribution in [0, 0.1) is 0 Å². The SMILES string of the molecule is CC1(O)CN(Cc2ccc(-c3ccc(Br)cc3)o2)C1. The number of rotatable bonds is 3. The minimum atomic E-state index is -0.527. The summed E-state index contributed by atoms with van der Waals surface area (Å²) in [5, 5.41) is 9.69. The molecule has 1 N–H and O–H groups in total. The van der Waals surface area contributed by atoms with Crippen LogP contribution in [0.2, 0.25) is 0 Å². The summed E-state index contributed by atoms with van der Waals surface area (Å²) >= 11 is 3.42. The molecule has 0 atom stereocenters. The Kier molecular flexibility index (Phi) is 3.25. The van der Waals surface area contributed by atoms with E-state index in [4.69, 9.17) is 4.42 Å². The van der Waals surface area contributed by atoms with Gasteiger partial charge in [-0.1, -0.05) is 28.1 Å². The van der Waals surface area contributed by atoms with E-state index in [0.717, 1.165) is 28.1 Å². The largest absolute Gasteiger partial charge is 0.460 e. The molecule has 3 rings (SSSR count). The number of benzene rings is 1. The van der Waals surface area contributed by atoms with E-state index in [1.807, 2.05) is 43.3 Å². The number of hydrogen-bond donors (Lipinski definition) is 1. The van der Waals surface area contributed by atoms with Gasteiger partial charge in [0, 0.05) is 23.1 Å². The van der Waals surface area contributed by atoms with E-state index in [1.165, 1.54) is 0 Å². The Labute approximate surface area is 121 Å². The molecule has 1 aliphatic heterocycles. The fourth-order valence-electron chi connectivity index (χ4n) is 2.48. The lowest BCUT2D eigenvalue weighted by Crippen LogP contribution is -2.59. The zero-order chi connectivity index (χ0) is 13.5. The van der Waals surface area contributed by atoms with Crippen LogP contribution in [0.1, 0.15) is 12.7 Å². The van der Waals surface area contributed by atoms with Crippen LogP contribution >= 0.6 is 15.9 Å². The van der Waals surface area contributed by atoms with Crippen molar-refractivity contribution >= 4 is 15.9 Å². The second-order valence-electron chi connectivity index (χ2n) is 5.41. The molecule has 0 radical (unpaired) electrons. The molecule has 0 aliphatic carbocycles. The summed E-state index contributed by atoms with van der Waals surface area (Å²) in [5.41, 5.74) is 0.547. The van der Waals surface area contributed by atoms with Crippen LogP contribution in [0.4, 0.5) is 0 Å². The molecule has 1 aromatic heterocycles. The highest BCUT2D eigenvalue weighted by Gasteiger charge is 2.36. The molecule has 1 aromatic carbocycles. The summed E-state index contributed by atoms with van der Waals surface area (Å²) in [5.74, 6) is 1.82. The van der Waals surface area contributed by atoms with Gasteiger partial charge in [-0.3, -0.25) is 4.90 Å². The Bertz CT molecular complexity index is 566. The van der Waals surface area contributed by atoms with Crippen LogP contribution in [0.15, 0.2) is 45.3 Å². The molecule has 19 heavy (non-hydrogen) atoms. The van der Waals surface area contributed by atoms with Gasteiger partial charge in [-0.2, -0.15) is 0 Å². The molecule has 0 saturated carbocycles. The maximum Gasteiger partial charge on any atom is 0.134 e. The molecule has 100 valence electrons. The molecule has 3 nitrogen and oxygen atoms in total. The van der Waals surface area contributed by atoms with Crippen LogP contribution in [0.25, 0.3) is 11.3 Å². The van der Waals surface area contributed by atoms with E-state index in [9.17, 15) is 5.11 Å². The van der Waals surface area contributed by atoms with Crippen LogP contribution in [-0.4, -0.2) is 28.7 Å². The van der Waals surface area contributed by atoms with Crippen molar-refractivity contribution in [3.8, 4) is 11.3 Å². The smallest absolute Gasteiger partial charge is 0.134 e. The topological polar surface area (TPSA) is 36.6 Å². The lowest BCUT2D eigenvalue weighted by Gasteiger charge is -2.43. The molecular formula is C15H16BrNO2. The fraction of sp³-hybridized carbons (Fsp3) is 0.333. The predicted molar refractivity (Wildman–Crippen MR) is 77.7 cm³/mol. The van der Waals surface area contributed by atoms with Crippen molar-refractivity contribution in [3.63, 3.8) is 0 Å². The van der Waals surface area contributed by atoms with Crippen LogP contribution in [0.3, 0.4) is 0 Å². The highest BCUT2D eigenvalue weighted by molar-refractivity contribution is 9.10. The van der Waals surface area contributed by atoms with Crippen LogP contribution in [-0.2, 0) is 6.54 Å². The maximum atomic E-state index is 9.69. The number of hydrogen-bond acceptors (Lipinski definition) is 3. The second-order valence-corrected chi connectivity index (χ2v) is 6.33. The fourth-order valence-corrected chi connectivity index (χ4v) is 2.75. The summed E-state index contributed by atoms with van der Waals surface area (Å²) in [4.78, 5) is 2.17. The summed E-state index contributed by atoms with van der Waals surface area (Å²) in [6.45, 7) is 4.04. The minimum Gasteiger partial charge on any atom is -0.460 e. The summed E-state index contributed by atoms with van der Waals surface area (Å²) in [7, 11) is 0. The van der Waals surface area contributed by atoms with E-state index in [0.29, 0.717) is 13.1 Å². The lowest BCUT2D eigenvalue weighted by atomic mass is 9.97. The Morgan fingerprint density at radius 1 is 1.21 bits per heavy atom. The van der Waals surface area contributed by atoms with Crippen molar-refractivity contribution in [2.45, 2.75) is 19.1 Å². The summed E-state index contributed by atoms with van der Waals surface area (Å²) in [6.07, 6.45) is 0. The summed E-state index contributed by atoms with van der Waals surface area (Å²) in [6, 6.07) is 12.1. The van der Waals surface area contributed by atoms with Crippen molar-refractivity contribution in [1.82, 2.24) is 4.90 Å². The highest BCUT2D eigenvalue weighted by atomic mass is 79.9. The third kappa shape index (κ3) is 2.91. The monoisotopic (exact) mass is 321 g/mol. The zero-order valence-corrected chi connectivity index (χ0v) is 12.4. The summed E-state index contributed by atoms with van der Waals surface area (Å²) < 4.78 is 6.91. The molecule has 0 unspecified atom stereocenters. The average Bonchev–Trinajstić information content (AvgIpc) is 2.76. The van der Waals surface area contributed by atoms with E-state index < -0.39 is 5.60 Å². The van der Waals surface area contributed by atoms with Gasteiger partial charge < -0.3 is 9.52 Å². The van der Waals surface area contributed by atoms with Gasteiger partial charge in [0.15, 0.2) is 0 Å². The Balaban J connectivity index is 1.68. The third-order valence-electron chi connectivity index (χ3n) is 3.30. The number of halogens is 1. The lowest BCUT2D eigenvalue weighted by molar-refractivity contribution is -0.0890. The van der Waals surface area contributed by atoms with Gasteiger partial charge in [0.05, 0.1) is 12.1 Å². The number of likely N-dealkylation sites (tertiary alicyclic amines) is 1. The molecule has 1 saturated heterocycles. The third-order valence-corrected chi connectivity index (χ3v) is 3.83. The van der Waals surface area contributed by atoms with Crippen LogP contribution < -0.4 is 0 Å². The predicted octanol–water partition coefficient (Wildman–Crippen LogP) is 3.28. The van der Waals surface area contributed by atoms with Crippen molar-refractivity contribution < 1.29 is 9.52 Å². The Morgan fingerprint density at radius 3 is 2.53 bits per heavy atom. The molecule has 0 amide bonds. The van der Waals surface area contributed by atoms with Crippen molar-refractivity contribution in [1.29, 1.82) is 0 Å². The zero-order valence-electron chi connectivity index (χ0n) is 10.8. The van der Waals surface area contributed by atoms with Crippen molar-refractivity contribution in [3.05, 3.63) is 46.6 Å².